The number of aromatic amines is 1. The minimum absolute atomic E-state index is 0.0164. The number of amides is 1. The summed E-state index contributed by atoms with van der Waals surface area (Å²) in [6.45, 7) is 3.31. The van der Waals surface area contributed by atoms with Gasteiger partial charge in [-0.2, -0.15) is 18.3 Å². The first kappa shape index (κ1) is 29.3. The lowest BCUT2D eigenvalue weighted by atomic mass is 10.1. The average molecular weight is 594 g/mol. The van der Waals surface area contributed by atoms with Crippen molar-refractivity contribution in [3.63, 3.8) is 0 Å². The monoisotopic (exact) mass is 593 g/mol. The number of ether oxygens (including phenoxy) is 1. The molecule has 0 bridgehead atoms. The van der Waals surface area contributed by atoms with Crippen molar-refractivity contribution in [2.75, 3.05) is 15.8 Å². The lowest BCUT2D eigenvalue weighted by Crippen LogP contribution is -2.28. The summed E-state index contributed by atoms with van der Waals surface area (Å²) in [6, 6.07) is 9.04. The predicted octanol–water partition coefficient (Wildman–Crippen LogP) is 4.60. The van der Waals surface area contributed by atoms with Crippen LogP contribution in [0.25, 0.3) is 11.3 Å². The number of sulfonamides is 1. The number of nitrogens with one attached hydrogen (secondary N) is 3. The van der Waals surface area contributed by atoms with Gasteiger partial charge in [0.15, 0.2) is 11.6 Å². The fraction of sp³-hybridized carbons (Fsp3) is 0.200. The van der Waals surface area contributed by atoms with E-state index in [1.54, 1.807) is 13.8 Å². The molecule has 0 aliphatic heterocycles. The van der Waals surface area contributed by atoms with Gasteiger partial charge in [-0.05, 0) is 43.7 Å². The fourth-order valence-corrected chi connectivity index (χ4v) is 4.74. The summed E-state index contributed by atoms with van der Waals surface area (Å²) in [5.74, 6) is -3.41. The van der Waals surface area contributed by atoms with Gasteiger partial charge in [0, 0.05) is 5.56 Å². The minimum atomic E-state index is -4.99. The minimum Gasteiger partial charge on any atom is -0.484 e. The van der Waals surface area contributed by atoms with E-state index in [-0.39, 0.29) is 39.9 Å². The highest BCUT2D eigenvalue weighted by atomic mass is 32.2. The smallest absolute Gasteiger partial charge is 0.404 e. The molecule has 1 atom stereocenters. The van der Waals surface area contributed by atoms with Crippen molar-refractivity contribution >= 4 is 33.3 Å². The van der Waals surface area contributed by atoms with Crippen molar-refractivity contribution in [1.82, 2.24) is 20.2 Å². The molecule has 2 aromatic heterocycles. The third kappa shape index (κ3) is 7.47. The van der Waals surface area contributed by atoms with Gasteiger partial charge >= 0.3 is 6.18 Å². The van der Waals surface area contributed by atoms with Crippen molar-refractivity contribution in [3.05, 3.63) is 77.5 Å². The molecule has 0 saturated carbocycles. The maximum atomic E-state index is 13.4. The number of carbonyl (C=O) groups excluding carboxylic acids is 1. The number of benzene rings is 2. The quantitative estimate of drug-likeness (QED) is 0.194. The number of primary amides is 1. The summed E-state index contributed by atoms with van der Waals surface area (Å²) in [5, 5.41) is 9.59. The van der Waals surface area contributed by atoms with E-state index in [9.17, 15) is 30.8 Å². The van der Waals surface area contributed by atoms with E-state index in [1.807, 2.05) is 4.72 Å². The van der Waals surface area contributed by atoms with E-state index in [4.69, 9.17) is 10.5 Å². The highest BCUT2D eigenvalue weighted by Crippen LogP contribution is 2.37. The van der Waals surface area contributed by atoms with Crippen LogP contribution in [0.1, 0.15) is 34.6 Å². The third-order valence-electron chi connectivity index (χ3n) is 5.57. The number of H-pyrrole nitrogens is 1. The first-order valence-corrected chi connectivity index (χ1v) is 13.4. The second kappa shape index (κ2) is 11.4. The molecule has 0 radical (unpaired) electrons. The Labute approximate surface area is 231 Å². The topological polar surface area (TPSA) is 165 Å². The van der Waals surface area contributed by atoms with Gasteiger partial charge < -0.3 is 15.8 Å². The van der Waals surface area contributed by atoms with E-state index in [2.05, 4.69) is 25.5 Å². The Kier molecular flexibility index (Phi) is 8.14. The lowest BCUT2D eigenvalue weighted by molar-refractivity contribution is -0.106. The Hall–Kier alpha value is -4.73. The molecular formula is C25H23F4N7O4S. The van der Waals surface area contributed by atoms with E-state index in [1.165, 1.54) is 54.9 Å². The van der Waals surface area contributed by atoms with Crippen molar-refractivity contribution in [3.8, 4) is 17.0 Å². The second-order valence-corrected chi connectivity index (χ2v) is 10.6. The number of anilines is 3. The molecular weight excluding hydrogens is 570 g/mol. The van der Waals surface area contributed by atoms with Gasteiger partial charge in [-0.3, -0.25) is 19.6 Å². The van der Waals surface area contributed by atoms with Crippen molar-refractivity contribution < 1.29 is 35.5 Å². The normalized spacial score (nSPS) is 12.5. The van der Waals surface area contributed by atoms with Gasteiger partial charge in [-0.15, -0.1) is 0 Å². The second-order valence-electron chi connectivity index (χ2n) is 8.85. The van der Waals surface area contributed by atoms with E-state index >= 15 is 0 Å². The number of nitrogens with two attached hydrogens (primary N) is 1. The summed E-state index contributed by atoms with van der Waals surface area (Å²) in [7, 11) is -4.88. The van der Waals surface area contributed by atoms with Crippen LogP contribution in [0.5, 0.6) is 5.75 Å². The standard InChI is InChI=1S/C25H23F4N7O4S/c1-13-10-32-20(11-31-13)33-24-21(23(30)37)22(34-35-24)16-5-8-18(36-41(38,39)12-25(27,28)29)19(9-16)40-14(2)15-3-6-17(26)7-4-15/h3-11,14,36H,12H2,1-2H3,(H2,30,37)(H2,32,33,34,35)/t14-/m0/s1. The van der Waals surface area contributed by atoms with Crippen LogP contribution in [0.4, 0.5) is 34.9 Å². The fourth-order valence-electron chi connectivity index (χ4n) is 3.73. The molecule has 4 aromatic rings. The molecule has 2 heterocycles. The van der Waals surface area contributed by atoms with Gasteiger partial charge in [-0.25, -0.2) is 17.8 Å². The molecule has 11 nitrogen and oxygen atoms in total. The van der Waals surface area contributed by atoms with E-state index < -0.39 is 39.8 Å². The predicted molar refractivity (Wildman–Crippen MR) is 142 cm³/mol. The summed E-state index contributed by atoms with van der Waals surface area (Å²) < 4.78 is 84.2. The van der Waals surface area contributed by atoms with Crippen LogP contribution in [0.15, 0.2) is 54.9 Å². The molecule has 0 fully saturated rings. The molecule has 2 aromatic carbocycles. The number of aromatic nitrogens is 4. The molecule has 0 spiro atoms. The number of nitrogens with zero attached hydrogens (tertiary/aromatic N) is 3. The maximum Gasteiger partial charge on any atom is 0.404 e. The number of aryl methyl sites for hydroxylation is 1. The molecule has 0 aliphatic rings. The first-order valence-electron chi connectivity index (χ1n) is 11.8. The average Bonchev–Trinajstić information content (AvgIpc) is 3.29. The summed E-state index contributed by atoms with van der Waals surface area (Å²) in [6.07, 6.45) is -2.89. The van der Waals surface area contributed by atoms with Crippen LogP contribution >= 0.6 is 0 Å². The van der Waals surface area contributed by atoms with Crippen LogP contribution in [0.2, 0.25) is 0 Å². The molecule has 16 heteroatoms. The Bertz CT molecular complexity index is 1660. The van der Waals surface area contributed by atoms with Crippen molar-refractivity contribution in [1.29, 1.82) is 0 Å². The SMILES string of the molecule is Cc1cnc(Nc2n[nH]c(-c3ccc(NS(=O)(=O)CC(F)(F)F)c(O[C@@H](C)c4ccc(F)cc4)c3)c2C(N)=O)cn1. The first-order chi connectivity index (χ1) is 19.2. The highest BCUT2D eigenvalue weighted by Gasteiger charge is 2.35. The van der Waals surface area contributed by atoms with E-state index in [0.717, 1.165) is 0 Å². The number of halogens is 4. The van der Waals surface area contributed by atoms with E-state index in [0.29, 0.717) is 11.3 Å². The van der Waals surface area contributed by atoms with Gasteiger partial charge in [0.05, 0.1) is 29.5 Å². The number of rotatable bonds is 10. The Morgan fingerprint density at radius 1 is 1.12 bits per heavy atom. The summed E-state index contributed by atoms with van der Waals surface area (Å²) >= 11 is 0. The van der Waals surface area contributed by atoms with Gasteiger partial charge in [0.2, 0.25) is 10.0 Å². The van der Waals surface area contributed by atoms with Gasteiger partial charge in [-0.1, -0.05) is 18.2 Å². The zero-order valence-corrected chi connectivity index (χ0v) is 22.3. The van der Waals surface area contributed by atoms with Crippen molar-refractivity contribution in [2.24, 2.45) is 5.73 Å². The molecule has 0 unspecified atom stereocenters. The molecule has 5 N–H and O–H groups in total. The Morgan fingerprint density at radius 3 is 2.44 bits per heavy atom. The number of alkyl halides is 3. The zero-order chi connectivity index (χ0) is 29.9. The number of hydrogen-bond acceptors (Lipinski definition) is 8. The number of hydrogen-bond donors (Lipinski definition) is 4. The molecule has 4 rings (SSSR count). The molecule has 0 aliphatic carbocycles. The number of carbonyl (C=O) groups is 1. The summed E-state index contributed by atoms with van der Waals surface area (Å²) in [4.78, 5) is 20.7. The largest absolute Gasteiger partial charge is 0.484 e. The third-order valence-corrected chi connectivity index (χ3v) is 6.81. The van der Waals surface area contributed by atoms with Gasteiger partial charge in [0.1, 0.15) is 29.1 Å². The molecule has 41 heavy (non-hydrogen) atoms. The zero-order valence-electron chi connectivity index (χ0n) is 21.5. The van der Waals surface area contributed by atoms with Gasteiger partial charge in [0.25, 0.3) is 5.91 Å². The van der Waals surface area contributed by atoms with Crippen molar-refractivity contribution in [2.45, 2.75) is 26.1 Å². The molecule has 1 amide bonds. The molecule has 216 valence electrons. The maximum absolute atomic E-state index is 13.4. The van der Waals surface area contributed by atoms with Crippen LogP contribution in [-0.2, 0) is 10.0 Å². The van der Waals surface area contributed by atoms with Crippen LogP contribution in [0.3, 0.4) is 0 Å². The highest BCUT2D eigenvalue weighted by molar-refractivity contribution is 7.92. The Morgan fingerprint density at radius 2 is 1.83 bits per heavy atom. The van der Waals surface area contributed by atoms with Crippen LogP contribution in [0, 0.1) is 12.7 Å². The van der Waals surface area contributed by atoms with Crippen LogP contribution in [-0.4, -0.2) is 46.4 Å². The van der Waals surface area contributed by atoms with Crippen LogP contribution < -0.4 is 20.5 Å². The molecule has 0 saturated heterocycles. The lowest BCUT2D eigenvalue weighted by Gasteiger charge is -2.20. The Balaban J connectivity index is 1.74. The summed E-state index contributed by atoms with van der Waals surface area (Å²) in [5.41, 5.74) is 6.70.